The monoisotopic (exact) mass is 799 g/mol. The van der Waals surface area contributed by atoms with Gasteiger partial charge in [0, 0.05) is 26.2 Å². The SMILES string of the molecule is [Bi].[I][Bi]([I])[I]. The molecule has 0 bridgehead atoms. The van der Waals surface area contributed by atoms with Gasteiger partial charge in [-0.15, -0.1) is 0 Å². The van der Waals surface area contributed by atoms with Gasteiger partial charge in [-0.3, -0.25) is 0 Å². The molecular weight excluding hydrogens is 799 g/mol. The van der Waals surface area contributed by atoms with E-state index in [0.717, 1.165) is 0 Å². The van der Waals surface area contributed by atoms with Crippen molar-refractivity contribution in [3.05, 3.63) is 0 Å². The molecule has 0 spiro atoms. The van der Waals surface area contributed by atoms with Crippen molar-refractivity contribution in [2.45, 2.75) is 0 Å². The molecule has 0 aromatic carbocycles. The van der Waals surface area contributed by atoms with Crippen LogP contribution < -0.4 is 0 Å². The van der Waals surface area contributed by atoms with Crippen LogP contribution in [0.3, 0.4) is 0 Å². The fourth-order valence-corrected chi connectivity index (χ4v) is 0. The van der Waals surface area contributed by atoms with E-state index in [1.165, 1.54) is 0 Å². The van der Waals surface area contributed by atoms with Gasteiger partial charge in [0.05, 0.1) is 0 Å². The standard InChI is InChI=1S/2Bi.3HI/h;;3*1H/q;+3;;;/p-3. The first-order valence-electron chi connectivity index (χ1n) is 0.507. The Bertz CT molecular complexity index is 9.61. The third kappa shape index (κ3) is 18.0. The van der Waals surface area contributed by atoms with Crippen LogP contribution in [-0.2, 0) is 0 Å². The first kappa shape index (κ1) is 11.7. The average molecular weight is 799 g/mol. The van der Waals surface area contributed by atoms with E-state index in [1.807, 2.05) is 0 Å². The van der Waals surface area contributed by atoms with Crippen molar-refractivity contribution in [1.82, 2.24) is 0 Å². The van der Waals surface area contributed by atoms with E-state index < -0.39 is 9.18 Å². The predicted octanol–water partition coefficient (Wildman–Crippen LogP) is 1.90. The van der Waals surface area contributed by atoms with E-state index in [-0.39, 0.29) is 26.2 Å². The zero-order valence-corrected chi connectivity index (χ0v) is 15.5. The molecule has 0 heterocycles. The van der Waals surface area contributed by atoms with Crippen molar-refractivity contribution in [2.24, 2.45) is 0 Å². The summed E-state index contributed by atoms with van der Waals surface area (Å²) in [6.07, 6.45) is 0. The first-order valence-corrected chi connectivity index (χ1v) is 29.8. The van der Waals surface area contributed by atoms with E-state index in [2.05, 4.69) is 54.1 Å². The molecule has 0 fully saturated rings. The van der Waals surface area contributed by atoms with Gasteiger partial charge in [-0.05, 0) is 0 Å². The molecule has 0 unspecified atom stereocenters. The maximum absolute atomic E-state index is 2.52. The van der Waals surface area contributed by atoms with Crippen LogP contribution in [0.2, 0.25) is 0 Å². The Kier molecular flexibility index (Phi) is 18.6. The summed E-state index contributed by atoms with van der Waals surface area (Å²) in [6.45, 7) is 0. The predicted molar refractivity (Wildman–Crippen MR) is 53.6 cm³/mol. The number of rotatable bonds is 0. The van der Waals surface area contributed by atoms with Gasteiger partial charge in [-0.1, -0.05) is 0 Å². The molecule has 0 aliphatic carbocycles. The van der Waals surface area contributed by atoms with Gasteiger partial charge >= 0.3 is 63.3 Å². The Hall–Kier alpha value is 3.96. The summed E-state index contributed by atoms with van der Waals surface area (Å²) in [7, 11) is -0.683. The van der Waals surface area contributed by atoms with Crippen molar-refractivity contribution < 1.29 is 0 Å². The van der Waals surface area contributed by atoms with Gasteiger partial charge < -0.3 is 0 Å². The summed E-state index contributed by atoms with van der Waals surface area (Å²) in [5.74, 6) is 0. The minimum atomic E-state index is -0.683. The molecule has 0 aromatic heterocycles. The summed E-state index contributed by atoms with van der Waals surface area (Å²) in [5, 5.41) is 0. The maximum atomic E-state index is 2.52. The van der Waals surface area contributed by atoms with Gasteiger partial charge in [0.25, 0.3) is 0 Å². The normalized spacial score (nSPS) is 7.20. The van der Waals surface area contributed by atoms with Crippen LogP contribution in [-0.4, -0.2) is 35.4 Å². The van der Waals surface area contributed by atoms with E-state index in [9.17, 15) is 0 Å². The van der Waals surface area contributed by atoms with Crippen LogP contribution in [0, 0.1) is 0 Å². The summed E-state index contributed by atoms with van der Waals surface area (Å²) >= 11 is 7.56. The molecular formula is Bi2I3. The van der Waals surface area contributed by atoms with Crippen molar-refractivity contribution in [3.8, 4) is 0 Å². The third-order valence-corrected chi connectivity index (χ3v) is 0. The molecule has 3 radical (unpaired) electrons. The van der Waals surface area contributed by atoms with E-state index in [4.69, 9.17) is 0 Å². The van der Waals surface area contributed by atoms with Gasteiger partial charge in [0.2, 0.25) is 0 Å². The van der Waals surface area contributed by atoms with Crippen molar-refractivity contribution in [2.75, 3.05) is 0 Å². The molecule has 0 N–H and O–H groups in total. The van der Waals surface area contributed by atoms with Crippen LogP contribution in [0.4, 0.5) is 0 Å². The zero-order chi connectivity index (χ0) is 3.58. The molecule has 0 atom stereocenters. The minimum absolute atomic E-state index is 0. The Balaban J connectivity index is 0. The molecule has 0 nitrogen and oxygen atoms in total. The average Bonchev–Trinajstić information content (AvgIpc) is 0.811. The fourth-order valence-electron chi connectivity index (χ4n) is 0. The number of halogens is 3. The molecule has 0 rings (SSSR count). The molecule has 5 heavy (non-hydrogen) atoms. The Morgan fingerprint density at radius 3 is 1.00 bits per heavy atom. The molecule has 0 amide bonds. The molecule has 0 aliphatic rings. The van der Waals surface area contributed by atoms with Crippen molar-refractivity contribution >= 4 is 89.5 Å². The molecule has 0 saturated heterocycles. The Labute approximate surface area is 86.5 Å². The van der Waals surface area contributed by atoms with Crippen molar-refractivity contribution in [3.63, 3.8) is 0 Å². The molecule has 0 aliphatic heterocycles. The van der Waals surface area contributed by atoms with Gasteiger partial charge in [0.1, 0.15) is 0 Å². The Morgan fingerprint density at radius 1 is 1.00 bits per heavy atom. The van der Waals surface area contributed by atoms with Gasteiger partial charge in [0.15, 0.2) is 0 Å². The summed E-state index contributed by atoms with van der Waals surface area (Å²) in [5.41, 5.74) is 0. The second-order valence-corrected chi connectivity index (χ2v) is 75.7. The van der Waals surface area contributed by atoms with E-state index >= 15 is 0 Å². The van der Waals surface area contributed by atoms with Crippen LogP contribution in [0.1, 0.15) is 0 Å². The van der Waals surface area contributed by atoms with Gasteiger partial charge in [-0.25, -0.2) is 0 Å². The second-order valence-electron chi connectivity index (χ2n) is 0.192. The zero-order valence-electron chi connectivity index (χ0n) is 2.03. The van der Waals surface area contributed by atoms with Gasteiger partial charge in [-0.2, -0.15) is 0 Å². The molecule has 0 saturated carbocycles. The van der Waals surface area contributed by atoms with Crippen molar-refractivity contribution in [1.29, 1.82) is 0 Å². The summed E-state index contributed by atoms with van der Waals surface area (Å²) in [4.78, 5) is 0. The summed E-state index contributed by atoms with van der Waals surface area (Å²) in [6, 6.07) is 0. The molecule has 5 heteroatoms. The Morgan fingerprint density at radius 2 is 1.00 bits per heavy atom. The number of hydrogen-bond donors (Lipinski definition) is 0. The van der Waals surface area contributed by atoms with E-state index in [1.54, 1.807) is 0 Å². The molecule has 31 valence electrons. The third-order valence-electron chi connectivity index (χ3n) is 0. The second kappa shape index (κ2) is 7.96. The topological polar surface area (TPSA) is 0 Å². The van der Waals surface area contributed by atoms with Crippen LogP contribution in [0.5, 0.6) is 0 Å². The van der Waals surface area contributed by atoms with Crippen LogP contribution in [0.25, 0.3) is 0 Å². The quantitative estimate of drug-likeness (QED) is 0.260. The fraction of sp³-hybridized carbons (Fsp3) is 0. The van der Waals surface area contributed by atoms with Crippen LogP contribution in [0.15, 0.2) is 0 Å². The first-order chi connectivity index (χ1) is 1.73. The summed E-state index contributed by atoms with van der Waals surface area (Å²) < 4.78 is 0. The van der Waals surface area contributed by atoms with E-state index in [0.29, 0.717) is 0 Å². The number of hydrogen-bond acceptors (Lipinski definition) is 0. The van der Waals surface area contributed by atoms with Crippen LogP contribution >= 0.6 is 54.1 Å². The molecule has 0 aromatic rings.